The lowest BCUT2D eigenvalue weighted by atomic mass is 9.83. The van der Waals surface area contributed by atoms with Gasteiger partial charge in [0.2, 0.25) is 0 Å². The molecule has 2 aliphatic heterocycles. The summed E-state index contributed by atoms with van der Waals surface area (Å²) in [5, 5.41) is 4.47. The van der Waals surface area contributed by atoms with Crippen molar-refractivity contribution in [1.29, 1.82) is 0 Å². The highest BCUT2D eigenvalue weighted by atomic mass is 16.8. The van der Waals surface area contributed by atoms with Gasteiger partial charge < -0.3 is 52.1 Å². The van der Waals surface area contributed by atoms with Crippen LogP contribution in [0, 0.1) is 0 Å². The highest BCUT2D eigenvalue weighted by Gasteiger charge is 2.64. The van der Waals surface area contributed by atoms with Crippen LogP contribution in [0.2, 0.25) is 0 Å². The van der Waals surface area contributed by atoms with Gasteiger partial charge in [0.25, 0.3) is 0 Å². The number of methoxy groups -OCH3 is 1. The monoisotopic (exact) mass is 1020 g/mol. The van der Waals surface area contributed by atoms with Gasteiger partial charge in [0.15, 0.2) is 12.1 Å². The molecule has 0 N–H and O–H groups in total. The number of hydrogen-bond acceptors (Lipinski definition) is 12. The molecule has 14 nitrogen and oxygen atoms in total. The molecular weight excluding hydrogens is 951 g/mol. The van der Waals surface area contributed by atoms with Gasteiger partial charge in [-0.1, -0.05) is 175 Å². The topological polar surface area (TPSA) is 150 Å². The Labute approximate surface area is 439 Å². The van der Waals surface area contributed by atoms with E-state index in [1.165, 1.54) is 0 Å². The molecule has 75 heavy (non-hydrogen) atoms. The molecule has 2 saturated carbocycles. The van der Waals surface area contributed by atoms with Crippen molar-refractivity contribution in [2.45, 2.75) is 145 Å². The molecule has 4 fully saturated rings. The molecule has 0 unspecified atom stereocenters. The number of benzene rings is 6. The SMILES string of the molecule is COc1ccc(CO[C@H]2[C@H](OCc3ccccc3)[C@@H](N=[N+]=[N-])[C@@H](O[C@@H]3[C@@H](OCc4ccccc4)[C@H](OCc4ccccc4)[C@@H](OCc4ccccc4)[C@H]4OC5(CCCCC5)O[C@@H]34)O[C@@H]2COCc2ccccc2)cc1. The summed E-state index contributed by atoms with van der Waals surface area (Å²) >= 11 is 0. The molecule has 10 rings (SSSR count). The zero-order valence-corrected chi connectivity index (χ0v) is 42.4. The lowest BCUT2D eigenvalue weighted by Crippen LogP contribution is -2.68. The number of ether oxygens (including phenoxy) is 11. The first-order valence-corrected chi connectivity index (χ1v) is 26.2. The highest BCUT2D eigenvalue weighted by molar-refractivity contribution is 5.27. The Morgan fingerprint density at radius 2 is 0.893 bits per heavy atom. The van der Waals surface area contributed by atoms with Crippen LogP contribution in [0.25, 0.3) is 10.4 Å². The molecule has 11 atom stereocenters. The van der Waals surface area contributed by atoms with Crippen molar-refractivity contribution in [1.82, 2.24) is 0 Å². The Kier molecular flexibility index (Phi) is 18.3. The van der Waals surface area contributed by atoms with Crippen molar-refractivity contribution in [2.24, 2.45) is 5.11 Å². The Morgan fingerprint density at radius 1 is 0.480 bits per heavy atom. The second-order valence-corrected chi connectivity index (χ2v) is 19.6. The van der Waals surface area contributed by atoms with Gasteiger partial charge in [0, 0.05) is 17.8 Å². The Bertz CT molecular complexity index is 2660. The minimum absolute atomic E-state index is 0.0851. The van der Waals surface area contributed by atoms with Crippen molar-refractivity contribution in [2.75, 3.05) is 13.7 Å². The molecule has 392 valence electrons. The molecule has 14 heteroatoms. The molecule has 1 spiro atoms. The van der Waals surface area contributed by atoms with Gasteiger partial charge >= 0.3 is 0 Å². The summed E-state index contributed by atoms with van der Waals surface area (Å²) in [6.07, 6.45) is -3.95. The minimum Gasteiger partial charge on any atom is -0.497 e. The summed E-state index contributed by atoms with van der Waals surface area (Å²) in [5.41, 5.74) is 16.3. The first-order chi connectivity index (χ1) is 37.0. The normalized spacial score (nSPS) is 27.0. The molecule has 0 amide bonds. The van der Waals surface area contributed by atoms with Crippen LogP contribution in [-0.2, 0) is 87.0 Å². The Hall–Kier alpha value is -5.97. The van der Waals surface area contributed by atoms with E-state index in [2.05, 4.69) is 10.0 Å². The van der Waals surface area contributed by atoms with E-state index in [-0.39, 0.29) is 33.0 Å². The maximum Gasteiger partial charge on any atom is 0.169 e. The van der Waals surface area contributed by atoms with Crippen LogP contribution < -0.4 is 4.74 Å². The van der Waals surface area contributed by atoms with Gasteiger partial charge in [0.1, 0.15) is 66.7 Å². The fourth-order valence-corrected chi connectivity index (χ4v) is 10.7. The second-order valence-electron chi connectivity index (χ2n) is 19.6. The van der Waals surface area contributed by atoms with Crippen molar-refractivity contribution in [3.05, 3.63) is 220 Å². The maximum absolute atomic E-state index is 10.5. The first-order valence-electron chi connectivity index (χ1n) is 26.2. The molecular formula is C61H67N3O11. The molecule has 2 aliphatic carbocycles. The average Bonchev–Trinajstić information content (AvgIpc) is 3.84. The van der Waals surface area contributed by atoms with Crippen molar-refractivity contribution < 1.29 is 52.1 Å². The summed E-state index contributed by atoms with van der Waals surface area (Å²) in [7, 11) is 1.63. The number of rotatable bonds is 23. The Morgan fingerprint density at radius 3 is 1.37 bits per heavy atom. The standard InChI is InChI=1S/C61H67N3O11/c1-65-49-32-30-48(31-33-49)41-67-52-50(42-66-36-43-20-8-2-9-21-43)72-60(51(63-64-62)53(52)68-37-44-22-10-3-11-23-44)73-57-55(70-39-46-26-14-5-15-27-46)54(69-38-45-24-12-4-13-25-45)56(71-40-47-28-16-6-17-29-47)58-59(57)75-61(74-58)34-18-7-19-35-61/h2-6,8-17,20-33,50-60H,7,18-19,34-42H2,1H3/t50-,51-,52-,53-,54+,55+,56-,57-,58-,59+,60-/m1/s1. The second kappa shape index (κ2) is 26.2. The van der Waals surface area contributed by atoms with Crippen LogP contribution in [0.4, 0.5) is 0 Å². The van der Waals surface area contributed by atoms with E-state index in [1.54, 1.807) is 7.11 Å². The number of azide groups is 1. The summed E-state index contributed by atoms with van der Waals surface area (Å²) in [4.78, 5) is 3.43. The molecule has 2 heterocycles. The van der Waals surface area contributed by atoms with Crippen LogP contribution >= 0.6 is 0 Å². The van der Waals surface area contributed by atoms with Crippen LogP contribution in [0.3, 0.4) is 0 Å². The number of nitrogens with zero attached hydrogens (tertiary/aromatic N) is 3. The fourth-order valence-electron chi connectivity index (χ4n) is 10.7. The smallest absolute Gasteiger partial charge is 0.169 e. The van der Waals surface area contributed by atoms with E-state index < -0.39 is 73.1 Å². The number of fused-ring (bicyclic) bond motifs is 1. The molecule has 2 saturated heterocycles. The van der Waals surface area contributed by atoms with E-state index in [1.807, 2.05) is 176 Å². The molecule has 6 aromatic carbocycles. The third-order valence-electron chi connectivity index (χ3n) is 14.5. The van der Waals surface area contributed by atoms with Crippen molar-refractivity contribution in [3.63, 3.8) is 0 Å². The fraction of sp³-hybridized carbons (Fsp3) is 0.410. The molecule has 4 aliphatic rings. The Balaban J connectivity index is 1.05. The molecule has 6 aromatic rings. The predicted molar refractivity (Wildman–Crippen MR) is 280 cm³/mol. The first kappa shape index (κ1) is 52.5. The van der Waals surface area contributed by atoms with Crippen LogP contribution in [0.15, 0.2) is 181 Å². The van der Waals surface area contributed by atoms with Gasteiger partial charge in [-0.05, 0) is 63.9 Å². The van der Waals surface area contributed by atoms with Crippen LogP contribution in [-0.4, -0.2) is 86.8 Å². The van der Waals surface area contributed by atoms with Crippen molar-refractivity contribution in [3.8, 4) is 5.75 Å². The van der Waals surface area contributed by atoms with Gasteiger partial charge in [-0.15, -0.1) is 0 Å². The summed E-state index contributed by atoms with van der Waals surface area (Å²) in [5.74, 6) is -0.169. The van der Waals surface area contributed by atoms with Gasteiger partial charge in [0.05, 0.1) is 53.4 Å². The third-order valence-corrected chi connectivity index (χ3v) is 14.5. The predicted octanol–water partition coefficient (Wildman–Crippen LogP) is 11.4. The zero-order valence-electron chi connectivity index (χ0n) is 42.4. The maximum atomic E-state index is 10.5. The third kappa shape index (κ3) is 13.5. The summed E-state index contributed by atoms with van der Waals surface area (Å²) in [6.45, 7) is 1.53. The molecule has 0 bridgehead atoms. The van der Waals surface area contributed by atoms with E-state index >= 15 is 0 Å². The largest absolute Gasteiger partial charge is 0.497 e. The summed E-state index contributed by atoms with van der Waals surface area (Å²) in [6, 6.07) is 56.6. The van der Waals surface area contributed by atoms with Crippen molar-refractivity contribution >= 4 is 0 Å². The van der Waals surface area contributed by atoms with Gasteiger partial charge in [-0.2, -0.15) is 0 Å². The van der Waals surface area contributed by atoms with E-state index in [4.69, 9.17) is 52.1 Å². The van der Waals surface area contributed by atoms with E-state index in [9.17, 15) is 5.53 Å². The van der Waals surface area contributed by atoms with Crippen LogP contribution in [0.5, 0.6) is 5.75 Å². The van der Waals surface area contributed by atoms with Crippen LogP contribution in [0.1, 0.15) is 65.5 Å². The van der Waals surface area contributed by atoms with E-state index in [0.717, 1.165) is 58.4 Å². The molecule has 0 radical (unpaired) electrons. The quantitative estimate of drug-likeness (QED) is 0.0343. The average molecular weight is 1020 g/mol. The molecule has 0 aromatic heterocycles. The van der Waals surface area contributed by atoms with E-state index in [0.29, 0.717) is 26.1 Å². The van der Waals surface area contributed by atoms with Gasteiger partial charge in [-0.25, -0.2) is 0 Å². The summed E-state index contributed by atoms with van der Waals surface area (Å²) < 4.78 is 76.3. The highest BCUT2D eigenvalue weighted by Crippen LogP contribution is 2.48. The number of hydrogen-bond donors (Lipinski definition) is 0. The lowest BCUT2D eigenvalue weighted by molar-refractivity contribution is -0.328. The lowest BCUT2D eigenvalue weighted by Gasteiger charge is -2.50. The zero-order chi connectivity index (χ0) is 51.1. The van der Waals surface area contributed by atoms with Gasteiger partial charge in [-0.3, -0.25) is 0 Å². The minimum atomic E-state index is -1.23.